The van der Waals surface area contributed by atoms with Gasteiger partial charge in [-0.1, -0.05) is 57.4 Å². The third-order valence-electron chi connectivity index (χ3n) is 5.18. The highest BCUT2D eigenvalue weighted by molar-refractivity contribution is 5.66. The van der Waals surface area contributed by atoms with Gasteiger partial charge in [-0.3, -0.25) is 4.79 Å². The Balaban J connectivity index is 2.37. The van der Waals surface area contributed by atoms with E-state index >= 15 is 0 Å². The number of hydrogen-bond acceptors (Lipinski definition) is 2. The van der Waals surface area contributed by atoms with E-state index < -0.39 is 5.97 Å². The number of hydrogen-bond donors (Lipinski definition) is 2. The molecule has 0 aliphatic heterocycles. The van der Waals surface area contributed by atoms with Crippen LogP contribution in [0.3, 0.4) is 0 Å². The summed E-state index contributed by atoms with van der Waals surface area (Å²) in [5, 5.41) is 19.0. The van der Waals surface area contributed by atoms with E-state index in [1.807, 2.05) is 0 Å². The zero-order valence-corrected chi connectivity index (χ0v) is 15.5. The maximum absolute atomic E-state index is 10.5. The number of unbranched alkanes of at least 4 members (excludes halogenated alkanes) is 5. The molecular weight excluding hydrogens is 300 g/mol. The van der Waals surface area contributed by atoms with E-state index in [-0.39, 0.29) is 12.5 Å². The lowest BCUT2D eigenvalue weighted by Gasteiger charge is -2.20. The molecule has 0 heterocycles. The van der Waals surface area contributed by atoms with Gasteiger partial charge in [0.1, 0.15) is 0 Å². The summed E-state index contributed by atoms with van der Waals surface area (Å²) in [6, 6.07) is 0. The Labute approximate surface area is 147 Å². The molecule has 138 valence electrons. The normalized spacial score (nSPS) is 27.5. The van der Waals surface area contributed by atoms with Crippen molar-refractivity contribution in [3.63, 3.8) is 0 Å². The fourth-order valence-corrected chi connectivity index (χ4v) is 3.72. The van der Waals surface area contributed by atoms with Crippen LogP contribution in [0.1, 0.15) is 78.1 Å². The maximum Gasteiger partial charge on any atom is 0.303 e. The Hall–Kier alpha value is -1.09. The van der Waals surface area contributed by atoms with Crippen molar-refractivity contribution >= 4 is 5.97 Å². The molecule has 1 fully saturated rings. The average molecular weight is 337 g/mol. The van der Waals surface area contributed by atoms with Crippen LogP contribution in [0.2, 0.25) is 0 Å². The Morgan fingerprint density at radius 2 is 1.83 bits per heavy atom. The van der Waals surface area contributed by atoms with Crippen molar-refractivity contribution in [1.82, 2.24) is 0 Å². The van der Waals surface area contributed by atoms with Crippen molar-refractivity contribution in [3.8, 4) is 0 Å². The molecular formula is C21H36O3. The fraction of sp³-hybridized carbons (Fsp3) is 0.762. The Bertz CT molecular complexity index is 400. The second-order valence-electron chi connectivity index (χ2n) is 7.29. The van der Waals surface area contributed by atoms with E-state index in [0.29, 0.717) is 24.2 Å². The second kappa shape index (κ2) is 12.3. The minimum Gasteiger partial charge on any atom is -0.481 e. The van der Waals surface area contributed by atoms with E-state index in [1.165, 1.54) is 25.7 Å². The first-order chi connectivity index (χ1) is 11.6. The van der Waals surface area contributed by atoms with Crippen LogP contribution >= 0.6 is 0 Å². The van der Waals surface area contributed by atoms with Gasteiger partial charge in [-0.05, 0) is 56.3 Å². The molecule has 0 amide bonds. The summed E-state index contributed by atoms with van der Waals surface area (Å²) in [4.78, 5) is 10.5. The number of aliphatic carboxylic acids is 1. The highest BCUT2D eigenvalue weighted by Crippen LogP contribution is 2.40. The van der Waals surface area contributed by atoms with E-state index in [1.54, 1.807) is 0 Å². The van der Waals surface area contributed by atoms with E-state index in [2.05, 4.69) is 38.2 Å². The highest BCUT2D eigenvalue weighted by atomic mass is 16.4. The summed E-state index contributed by atoms with van der Waals surface area (Å²) in [6.07, 6.45) is 18.5. The van der Waals surface area contributed by atoms with E-state index in [4.69, 9.17) is 5.11 Å². The summed E-state index contributed by atoms with van der Waals surface area (Å²) in [5.41, 5.74) is 0. The summed E-state index contributed by atoms with van der Waals surface area (Å²) in [6.45, 7) is 4.48. The zero-order chi connectivity index (χ0) is 17.8. The standard InChI is InChI=1S/C21H36O3/c1-3-4-5-6-7-10-13-18-17(2)16-20(22)19(18)14-11-8-9-12-15-21(23)24/h8,10-11,13,17-20,22H,3-7,9,12,14-16H2,1-2H3,(H,23,24). The van der Waals surface area contributed by atoms with Gasteiger partial charge in [0.2, 0.25) is 0 Å². The van der Waals surface area contributed by atoms with Crippen molar-refractivity contribution in [1.29, 1.82) is 0 Å². The molecule has 0 radical (unpaired) electrons. The average Bonchev–Trinajstić information content (AvgIpc) is 2.80. The molecule has 1 rings (SSSR count). The largest absolute Gasteiger partial charge is 0.481 e. The predicted molar refractivity (Wildman–Crippen MR) is 99.9 cm³/mol. The molecule has 3 nitrogen and oxygen atoms in total. The van der Waals surface area contributed by atoms with Crippen molar-refractivity contribution in [2.75, 3.05) is 0 Å². The Morgan fingerprint density at radius 1 is 1.08 bits per heavy atom. The van der Waals surface area contributed by atoms with Gasteiger partial charge in [-0.25, -0.2) is 0 Å². The molecule has 3 heteroatoms. The van der Waals surface area contributed by atoms with Crippen molar-refractivity contribution in [2.45, 2.75) is 84.2 Å². The molecule has 4 atom stereocenters. The maximum atomic E-state index is 10.5. The van der Waals surface area contributed by atoms with E-state index in [0.717, 1.165) is 25.7 Å². The molecule has 0 aromatic carbocycles. The molecule has 24 heavy (non-hydrogen) atoms. The molecule has 2 N–H and O–H groups in total. The van der Waals surface area contributed by atoms with Gasteiger partial charge in [-0.2, -0.15) is 0 Å². The number of carbonyl (C=O) groups is 1. The van der Waals surface area contributed by atoms with Crippen molar-refractivity contribution in [3.05, 3.63) is 24.3 Å². The zero-order valence-electron chi connectivity index (χ0n) is 15.5. The number of aliphatic hydroxyl groups is 1. The SMILES string of the molecule is CCCCCCC=CC1C(C)CC(O)C1CC=CCCCC(=O)O. The smallest absolute Gasteiger partial charge is 0.303 e. The van der Waals surface area contributed by atoms with Crippen LogP contribution in [-0.2, 0) is 4.79 Å². The number of aliphatic hydroxyl groups excluding tert-OH is 1. The molecule has 0 aromatic heterocycles. The lowest BCUT2D eigenvalue weighted by Crippen LogP contribution is -2.18. The van der Waals surface area contributed by atoms with Crippen molar-refractivity contribution < 1.29 is 15.0 Å². The van der Waals surface area contributed by atoms with Crippen LogP contribution in [0.5, 0.6) is 0 Å². The summed E-state index contributed by atoms with van der Waals surface area (Å²) in [7, 11) is 0. The first kappa shape index (κ1) is 21.0. The number of allylic oxidation sites excluding steroid dienone is 4. The minimum atomic E-state index is -0.729. The molecule has 1 saturated carbocycles. The quantitative estimate of drug-likeness (QED) is 0.373. The Kier molecular flexibility index (Phi) is 10.7. The van der Waals surface area contributed by atoms with Gasteiger partial charge in [0.15, 0.2) is 0 Å². The summed E-state index contributed by atoms with van der Waals surface area (Å²) < 4.78 is 0. The van der Waals surface area contributed by atoms with Crippen LogP contribution < -0.4 is 0 Å². The lowest BCUT2D eigenvalue weighted by atomic mass is 9.87. The van der Waals surface area contributed by atoms with Gasteiger partial charge in [0, 0.05) is 6.42 Å². The van der Waals surface area contributed by atoms with Gasteiger partial charge >= 0.3 is 5.97 Å². The molecule has 0 aromatic rings. The van der Waals surface area contributed by atoms with Gasteiger partial charge in [-0.15, -0.1) is 0 Å². The highest BCUT2D eigenvalue weighted by Gasteiger charge is 2.37. The molecule has 1 aliphatic rings. The van der Waals surface area contributed by atoms with Crippen LogP contribution in [0.25, 0.3) is 0 Å². The first-order valence-corrected chi connectivity index (χ1v) is 9.77. The number of carboxylic acids is 1. The summed E-state index contributed by atoms with van der Waals surface area (Å²) in [5.74, 6) is 0.586. The minimum absolute atomic E-state index is 0.210. The first-order valence-electron chi connectivity index (χ1n) is 9.77. The molecule has 0 spiro atoms. The van der Waals surface area contributed by atoms with Crippen LogP contribution in [0.15, 0.2) is 24.3 Å². The van der Waals surface area contributed by atoms with Gasteiger partial charge < -0.3 is 10.2 Å². The predicted octanol–water partition coefficient (Wildman–Crippen LogP) is 5.35. The molecule has 0 bridgehead atoms. The number of rotatable bonds is 12. The van der Waals surface area contributed by atoms with E-state index in [9.17, 15) is 9.90 Å². The van der Waals surface area contributed by atoms with Crippen LogP contribution in [0, 0.1) is 17.8 Å². The van der Waals surface area contributed by atoms with Crippen molar-refractivity contribution in [2.24, 2.45) is 17.8 Å². The topological polar surface area (TPSA) is 57.5 Å². The Morgan fingerprint density at radius 3 is 2.54 bits per heavy atom. The molecule has 4 unspecified atom stereocenters. The number of carboxylic acid groups (broad SMARTS) is 1. The molecule has 0 saturated heterocycles. The van der Waals surface area contributed by atoms with Gasteiger partial charge in [0.25, 0.3) is 0 Å². The summed E-state index contributed by atoms with van der Waals surface area (Å²) >= 11 is 0. The lowest BCUT2D eigenvalue weighted by molar-refractivity contribution is -0.137. The second-order valence-corrected chi connectivity index (χ2v) is 7.29. The van der Waals surface area contributed by atoms with Crippen LogP contribution in [0.4, 0.5) is 0 Å². The van der Waals surface area contributed by atoms with Crippen LogP contribution in [-0.4, -0.2) is 22.3 Å². The third kappa shape index (κ3) is 8.14. The fourth-order valence-electron chi connectivity index (χ4n) is 3.72. The van der Waals surface area contributed by atoms with Gasteiger partial charge in [0.05, 0.1) is 6.10 Å². The monoisotopic (exact) mass is 336 g/mol. The third-order valence-corrected chi connectivity index (χ3v) is 5.18. The molecule has 1 aliphatic carbocycles.